The van der Waals surface area contributed by atoms with Crippen LogP contribution in [0.4, 0.5) is 18.9 Å². The average molecular weight is 370 g/mol. The topological polar surface area (TPSA) is 81.4 Å². The Morgan fingerprint density at radius 2 is 1.92 bits per heavy atom. The Labute approximate surface area is 147 Å². The third-order valence-electron chi connectivity index (χ3n) is 3.63. The van der Waals surface area contributed by atoms with Gasteiger partial charge < -0.3 is 14.6 Å². The molecule has 0 atom stereocenters. The number of ether oxygens (including phenoxy) is 1. The van der Waals surface area contributed by atoms with Crippen molar-refractivity contribution in [3.8, 4) is 0 Å². The molecular formula is C17H17F3N2O4. The Morgan fingerprint density at radius 1 is 1.23 bits per heavy atom. The molecule has 0 aliphatic rings. The number of hydrogen-bond donors (Lipinski definition) is 1. The van der Waals surface area contributed by atoms with E-state index >= 15 is 0 Å². The number of anilines is 1. The van der Waals surface area contributed by atoms with Crippen molar-refractivity contribution in [2.24, 2.45) is 0 Å². The monoisotopic (exact) mass is 370 g/mol. The molecular weight excluding hydrogens is 353 g/mol. The minimum absolute atomic E-state index is 0.00465. The fraction of sp³-hybridized carbons (Fsp3) is 0.353. The highest BCUT2D eigenvalue weighted by atomic mass is 19.4. The molecule has 0 bridgehead atoms. The molecule has 0 fully saturated rings. The molecule has 1 N–H and O–H groups in total. The average Bonchev–Trinajstić information content (AvgIpc) is 2.89. The number of esters is 1. The predicted octanol–water partition coefficient (Wildman–Crippen LogP) is 3.42. The van der Waals surface area contributed by atoms with Crippen molar-refractivity contribution >= 4 is 17.6 Å². The smallest absolute Gasteiger partial charge is 0.418 e. The van der Waals surface area contributed by atoms with Crippen LogP contribution >= 0.6 is 0 Å². The number of amides is 1. The first kappa shape index (κ1) is 19.5. The van der Waals surface area contributed by atoms with E-state index in [2.05, 4.69) is 10.5 Å². The van der Waals surface area contributed by atoms with Crippen LogP contribution in [0.3, 0.4) is 0 Å². The zero-order valence-corrected chi connectivity index (χ0v) is 14.1. The molecule has 0 aliphatic carbocycles. The number of carbonyl (C=O) groups is 2. The van der Waals surface area contributed by atoms with Gasteiger partial charge in [0.2, 0.25) is 0 Å². The Balaban J connectivity index is 1.85. The Hall–Kier alpha value is -2.84. The molecule has 2 rings (SSSR count). The lowest BCUT2D eigenvalue weighted by Gasteiger charge is -2.13. The molecule has 26 heavy (non-hydrogen) atoms. The molecule has 1 aromatic carbocycles. The van der Waals surface area contributed by atoms with Crippen LogP contribution in [-0.2, 0) is 26.9 Å². The number of aryl methyl sites for hydroxylation is 2. The fourth-order valence-electron chi connectivity index (χ4n) is 2.33. The van der Waals surface area contributed by atoms with Gasteiger partial charge in [0, 0.05) is 12.0 Å². The maximum atomic E-state index is 12.9. The van der Waals surface area contributed by atoms with Gasteiger partial charge in [-0.1, -0.05) is 17.3 Å². The second kappa shape index (κ2) is 8.03. The summed E-state index contributed by atoms with van der Waals surface area (Å²) in [5, 5.41) is 5.86. The molecule has 1 aromatic heterocycles. The number of aromatic nitrogens is 1. The lowest BCUT2D eigenvalue weighted by molar-refractivity contribution is -0.147. The summed E-state index contributed by atoms with van der Waals surface area (Å²) in [7, 11) is 0. The molecule has 1 amide bonds. The number of hydrogen-bond acceptors (Lipinski definition) is 5. The van der Waals surface area contributed by atoms with E-state index in [1.165, 1.54) is 12.1 Å². The molecule has 0 unspecified atom stereocenters. The largest absolute Gasteiger partial charge is 0.456 e. The SMILES string of the molecule is Cc1noc(C)c1CCC(=O)OCC(=O)Nc1ccccc1C(F)(F)F. The van der Waals surface area contributed by atoms with Crippen molar-refractivity contribution in [2.75, 3.05) is 11.9 Å². The highest BCUT2D eigenvalue weighted by molar-refractivity contribution is 5.93. The number of rotatable bonds is 6. The van der Waals surface area contributed by atoms with Crippen LogP contribution in [0.25, 0.3) is 0 Å². The van der Waals surface area contributed by atoms with E-state index in [-0.39, 0.29) is 6.42 Å². The van der Waals surface area contributed by atoms with Crippen molar-refractivity contribution < 1.29 is 32.0 Å². The van der Waals surface area contributed by atoms with Crippen molar-refractivity contribution in [1.82, 2.24) is 5.16 Å². The van der Waals surface area contributed by atoms with E-state index in [9.17, 15) is 22.8 Å². The van der Waals surface area contributed by atoms with Crippen LogP contribution in [0.15, 0.2) is 28.8 Å². The van der Waals surface area contributed by atoms with Gasteiger partial charge in [0.1, 0.15) is 5.76 Å². The highest BCUT2D eigenvalue weighted by Gasteiger charge is 2.33. The molecule has 1 heterocycles. The first-order valence-electron chi connectivity index (χ1n) is 7.72. The fourth-order valence-corrected chi connectivity index (χ4v) is 2.33. The van der Waals surface area contributed by atoms with Crippen LogP contribution in [0, 0.1) is 13.8 Å². The molecule has 140 valence electrons. The molecule has 0 aliphatic heterocycles. The van der Waals surface area contributed by atoms with Gasteiger partial charge in [-0.2, -0.15) is 13.2 Å². The molecule has 0 radical (unpaired) electrons. The summed E-state index contributed by atoms with van der Waals surface area (Å²) >= 11 is 0. The summed E-state index contributed by atoms with van der Waals surface area (Å²) in [6.07, 6.45) is -4.28. The van der Waals surface area contributed by atoms with Gasteiger partial charge in [0.05, 0.1) is 16.9 Å². The van der Waals surface area contributed by atoms with E-state index < -0.39 is 35.9 Å². The molecule has 9 heteroatoms. The van der Waals surface area contributed by atoms with Crippen LogP contribution < -0.4 is 5.32 Å². The number of halogens is 3. The lowest BCUT2D eigenvalue weighted by Crippen LogP contribution is -2.22. The summed E-state index contributed by atoms with van der Waals surface area (Å²) in [5.41, 5.74) is 0.0807. The summed E-state index contributed by atoms with van der Waals surface area (Å²) < 4.78 is 48.4. The number of benzene rings is 1. The standard InChI is InChI=1S/C17H17F3N2O4/c1-10-12(11(2)26-22-10)7-8-16(24)25-9-15(23)21-14-6-4-3-5-13(14)17(18,19)20/h3-6H,7-9H2,1-2H3,(H,21,23). The minimum Gasteiger partial charge on any atom is -0.456 e. The van der Waals surface area contributed by atoms with Gasteiger partial charge in [-0.3, -0.25) is 9.59 Å². The number of carbonyl (C=O) groups excluding carboxylic acids is 2. The third-order valence-corrected chi connectivity index (χ3v) is 3.63. The quantitative estimate of drug-likeness (QED) is 0.788. The van der Waals surface area contributed by atoms with Gasteiger partial charge in [0.15, 0.2) is 6.61 Å². The number of nitrogens with zero attached hydrogens (tertiary/aromatic N) is 1. The number of para-hydroxylation sites is 1. The van der Waals surface area contributed by atoms with Crippen molar-refractivity contribution in [2.45, 2.75) is 32.9 Å². The van der Waals surface area contributed by atoms with Crippen LogP contribution in [-0.4, -0.2) is 23.6 Å². The van der Waals surface area contributed by atoms with E-state index in [0.717, 1.165) is 17.7 Å². The Morgan fingerprint density at radius 3 is 2.54 bits per heavy atom. The lowest BCUT2D eigenvalue weighted by atomic mass is 10.1. The molecule has 0 spiro atoms. The molecule has 0 saturated carbocycles. The summed E-state index contributed by atoms with van der Waals surface area (Å²) in [5.74, 6) is -0.909. The minimum atomic E-state index is -4.60. The number of alkyl halides is 3. The van der Waals surface area contributed by atoms with Crippen molar-refractivity contribution in [3.63, 3.8) is 0 Å². The molecule has 6 nitrogen and oxygen atoms in total. The van der Waals surface area contributed by atoms with Gasteiger partial charge in [-0.25, -0.2) is 0 Å². The van der Waals surface area contributed by atoms with Gasteiger partial charge in [-0.05, 0) is 32.4 Å². The first-order valence-corrected chi connectivity index (χ1v) is 7.72. The molecule has 0 saturated heterocycles. The third kappa shape index (κ3) is 5.08. The second-order valence-electron chi connectivity index (χ2n) is 5.55. The van der Waals surface area contributed by atoms with E-state index in [1.54, 1.807) is 13.8 Å². The predicted molar refractivity (Wildman–Crippen MR) is 85.3 cm³/mol. The summed E-state index contributed by atoms with van der Waals surface area (Å²) in [6, 6.07) is 4.55. The molecule has 2 aromatic rings. The normalized spacial score (nSPS) is 11.3. The summed E-state index contributed by atoms with van der Waals surface area (Å²) in [6.45, 7) is 2.78. The maximum absolute atomic E-state index is 12.9. The first-order chi connectivity index (χ1) is 12.2. The van der Waals surface area contributed by atoms with Crippen LogP contribution in [0.5, 0.6) is 0 Å². The Kier molecular flexibility index (Phi) is 6.01. The Bertz CT molecular complexity index is 780. The van der Waals surface area contributed by atoms with Gasteiger partial charge in [-0.15, -0.1) is 0 Å². The second-order valence-corrected chi connectivity index (χ2v) is 5.55. The zero-order valence-electron chi connectivity index (χ0n) is 14.1. The van der Waals surface area contributed by atoms with Crippen molar-refractivity contribution in [1.29, 1.82) is 0 Å². The summed E-state index contributed by atoms with van der Waals surface area (Å²) in [4.78, 5) is 23.5. The van der Waals surface area contributed by atoms with Crippen molar-refractivity contribution in [3.05, 3.63) is 46.8 Å². The number of nitrogens with one attached hydrogen (secondary N) is 1. The zero-order chi connectivity index (χ0) is 19.3. The van der Waals surface area contributed by atoms with Crippen LogP contribution in [0.1, 0.15) is 29.0 Å². The highest BCUT2D eigenvalue weighted by Crippen LogP contribution is 2.34. The van der Waals surface area contributed by atoms with E-state index in [4.69, 9.17) is 9.26 Å². The van der Waals surface area contributed by atoms with E-state index in [1.807, 2.05) is 0 Å². The van der Waals surface area contributed by atoms with Gasteiger partial charge in [0.25, 0.3) is 5.91 Å². The van der Waals surface area contributed by atoms with E-state index in [0.29, 0.717) is 17.9 Å². The van der Waals surface area contributed by atoms with Gasteiger partial charge >= 0.3 is 12.1 Å². The maximum Gasteiger partial charge on any atom is 0.418 e. The van der Waals surface area contributed by atoms with Crippen LogP contribution in [0.2, 0.25) is 0 Å².